The number of methoxy groups -OCH3 is 1. The van der Waals surface area contributed by atoms with Gasteiger partial charge in [-0.25, -0.2) is 4.68 Å². The van der Waals surface area contributed by atoms with E-state index in [-0.39, 0.29) is 0 Å². The Morgan fingerprint density at radius 3 is 2.75 bits per heavy atom. The third-order valence-electron chi connectivity index (χ3n) is 3.24. The Bertz CT molecular complexity index is 505. The summed E-state index contributed by atoms with van der Waals surface area (Å²) >= 11 is 0. The van der Waals surface area contributed by atoms with E-state index in [2.05, 4.69) is 47.8 Å². The lowest BCUT2D eigenvalue weighted by atomic mass is 10.2. The molecule has 0 bridgehead atoms. The van der Waals surface area contributed by atoms with Crippen molar-refractivity contribution in [3.8, 4) is 5.69 Å². The van der Waals surface area contributed by atoms with E-state index in [0.29, 0.717) is 0 Å². The molecule has 0 saturated carbocycles. The molecule has 0 aliphatic carbocycles. The molecular formula is C16H23N3O. The Kier molecular flexibility index (Phi) is 5.77. The Labute approximate surface area is 120 Å². The lowest BCUT2D eigenvalue weighted by molar-refractivity contribution is 0.199. The number of rotatable bonds is 8. The number of hydrogen-bond acceptors (Lipinski definition) is 3. The SMILES string of the molecule is COCCNCCCc1cnn(-c2ccc(C)cc2)c1. The minimum atomic E-state index is 0.769. The van der Waals surface area contributed by atoms with Crippen molar-refractivity contribution in [2.45, 2.75) is 19.8 Å². The fraction of sp³-hybridized carbons (Fsp3) is 0.438. The van der Waals surface area contributed by atoms with Crippen LogP contribution in [0, 0.1) is 6.92 Å². The van der Waals surface area contributed by atoms with Crippen LogP contribution in [0.3, 0.4) is 0 Å². The van der Waals surface area contributed by atoms with E-state index in [9.17, 15) is 0 Å². The molecule has 0 atom stereocenters. The minimum absolute atomic E-state index is 0.769. The van der Waals surface area contributed by atoms with Crippen LogP contribution in [-0.2, 0) is 11.2 Å². The fourth-order valence-electron chi connectivity index (χ4n) is 2.04. The zero-order chi connectivity index (χ0) is 14.2. The summed E-state index contributed by atoms with van der Waals surface area (Å²) in [7, 11) is 1.72. The van der Waals surface area contributed by atoms with Gasteiger partial charge in [-0.05, 0) is 44.0 Å². The average molecular weight is 273 g/mol. The minimum Gasteiger partial charge on any atom is -0.383 e. The van der Waals surface area contributed by atoms with Crippen LogP contribution in [0.2, 0.25) is 0 Å². The van der Waals surface area contributed by atoms with Crippen molar-refractivity contribution in [2.24, 2.45) is 0 Å². The Hall–Kier alpha value is -1.65. The number of aryl methyl sites for hydroxylation is 2. The van der Waals surface area contributed by atoms with Gasteiger partial charge in [0.2, 0.25) is 0 Å². The average Bonchev–Trinajstić information content (AvgIpc) is 2.92. The molecule has 0 amide bonds. The predicted molar refractivity (Wildman–Crippen MR) is 81.4 cm³/mol. The van der Waals surface area contributed by atoms with E-state index >= 15 is 0 Å². The molecule has 0 aliphatic rings. The van der Waals surface area contributed by atoms with Crippen LogP contribution in [0.25, 0.3) is 5.69 Å². The van der Waals surface area contributed by atoms with Crippen LogP contribution in [0.5, 0.6) is 0 Å². The predicted octanol–water partition coefficient (Wildman–Crippen LogP) is 2.35. The Balaban J connectivity index is 1.79. The number of nitrogens with one attached hydrogen (secondary N) is 1. The van der Waals surface area contributed by atoms with Crippen LogP contribution >= 0.6 is 0 Å². The normalized spacial score (nSPS) is 10.9. The lowest BCUT2D eigenvalue weighted by Crippen LogP contribution is -2.20. The van der Waals surface area contributed by atoms with Crippen LogP contribution < -0.4 is 5.32 Å². The molecule has 1 N–H and O–H groups in total. The van der Waals surface area contributed by atoms with Crippen molar-refractivity contribution in [1.29, 1.82) is 0 Å². The third kappa shape index (κ3) is 4.47. The molecule has 1 aromatic heterocycles. The van der Waals surface area contributed by atoms with Crippen LogP contribution in [-0.4, -0.2) is 36.6 Å². The van der Waals surface area contributed by atoms with Crippen LogP contribution in [0.1, 0.15) is 17.5 Å². The summed E-state index contributed by atoms with van der Waals surface area (Å²) < 4.78 is 6.93. The first-order valence-corrected chi connectivity index (χ1v) is 7.10. The molecular weight excluding hydrogens is 250 g/mol. The number of hydrogen-bond donors (Lipinski definition) is 1. The molecule has 0 aliphatic heterocycles. The monoisotopic (exact) mass is 273 g/mol. The maximum absolute atomic E-state index is 4.99. The van der Waals surface area contributed by atoms with Gasteiger partial charge < -0.3 is 10.1 Å². The van der Waals surface area contributed by atoms with Gasteiger partial charge in [-0.15, -0.1) is 0 Å². The van der Waals surface area contributed by atoms with Gasteiger partial charge in [0, 0.05) is 19.9 Å². The lowest BCUT2D eigenvalue weighted by Gasteiger charge is -2.03. The molecule has 0 radical (unpaired) electrons. The van der Waals surface area contributed by atoms with E-state index in [1.54, 1.807) is 7.11 Å². The molecule has 4 heteroatoms. The highest BCUT2D eigenvalue weighted by molar-refractivity contribution is 5.33. The highest BCUT2D eigenvalue weighted by atomic mass is 16.5. The number of benzene rings is 1. The topological polar surface area (TPSA) is 39.1 Å². The Morgan fingerprint density at radius 2 is 2.00 bits per heavy atom. The van der Waals surface area contributed by atoms with Crippen molar-refractivity contribution in [3.63, 3.8) is 0 Å². The molecule has 0 unspecified atom stereocenters. The first-order chi connectivity index (χ1) is 9.79. The second-order valence-electron chi connectivity index (χ2n) is 4.98. The van der Waals surface area contributed by atoms with Crippen molar-refractivity contribution in [1.82, 2.24) is 15.1 Å². The van der Waals surface area contributed by atoms with Gasteiger partial charge in [0.1, 0.15) is 0 Å². The van der Waals surface area contributed by atoms with E-state index in [4.69, 9.17) is 4.74 Å². The van der Waals surface area contributed by atoms with E-state index in [1.165, 1.54) is 11.1 Å². The summed E-state index contributed by atoms with van der Waals surface area (Å²) in [4.78, 5) is 0. The first-order valence-electron chi connectivity index (χ1n) is 7.10. The quantitative estimate of drug-likeness (QED) is 0.750. The van der Waals surface area contributed by atoms with Gasteiger partial charge in [0.25, 0.3) is 0 Å². The zero-order valence-electron chi connectivity index (χ0n) is 12.3. The van der Waals surface area contributed by atoms with Crippen molar-refractivity contribution in [2.75, 3.05) is 26.8 Å². The first kappa shape index (κ1) is 14.8. The highest BCUT2D eigenvalue weighted by Crippen LogP contribution is 2.10. The van der Waals surface area contributed by atoms with Crippen LogP contribution in [0.15, 0.2) is 36.7 Å². The van der Waals surface area contributed by atoms with Crippen molar-refractivity contribution >= 4 is 0 Å². The van der Waals surface area contributed by atoms with Gasteiger partial charge in [0.15, 0.2) is 0 Å². The van der Waals surface area contributed by atoms with E-state index in [0.717, 1.165) is 38.2 Å². The zero-order valence-corrected chi connectivity index (χ0v) is 12.3. The maximum Gasteiger partial charge on any atom is 0.0645 e. The number of ether oxygens (including phenoxy) is 1. The summed E-state index contributed by atoms with van der Waals surface area (Å²) in [5.74, 6) is 0. The molecule has 4 nitrogen and oxygen atoms in total. The highest BCUT2D eigenvalue weighted by Gasteiger charge is 2.00. The van der Waals surface area contributed by atoms with Gasteiger partial charge in [-0.1, -0.05) is 17.7 Å². The molecule has 1 aromatic carbocycles. The summed E-state index contributed by atoms with van der Waals surface area (Å²) in [5, 5.41) is 7.77. The molecule has 108 valence electrons. The molecule has 0 saturated heterocycles. The summed E-state index contributed by atoms with van der Waals surface area (Å²) in [5.41, 5.74) is 3.66. The summed E-state index contributed by atoms with van der Waals surface area (Å²) in [6, 6.07) is 8.41. The van der Waals surface area contributed by atoms with Crippen molar-refractivity contribution < 1.29 is 4.74 Å². The molecule has 0 spiro atoms. The fourth-order valence-corrected chi connectivity index (χ4v) is 2.04. The van der Waals surface area contributed by atoms with Gasteiger partial charge in [-0.3, -0.25) is 0 Å². The smallest absolute Gasteiger partial charge is 0.0645 e. The standard InChI is InChI=1S/C16H23N3O/c1-14-5-7-16(8-6-14)19-13-15(12-18-19)4-3-9-17-10-11-20-2/h5-8,12-13,17H,3-4,9-11H2,1-2H3. The largest absolute Gasteiger partial charge is 0.383 e. The summed E-state index contributed by atoms with van der Waals surface area (Å²) in [6.45, 7) is 4.79. The molecule has 2 aromatic rings. The van der Waals surface area contributed by atoms with Gasteiger partial charge in [0.05, 0.1) is 18.5 Å². The van der Waals surface area contributed by atoms with E-state index in [1.807, 2.05) is 10.9 Å². The second kappa shape index (κ2) is 7.82. The molecule has 20 heavy (non-hydrogen) atoms. The molecule has 1 heterocycles. The van der Waals surface area contributed by atoms with Gasteiger partial charge in [-0.2, -0.15) is 5.10 Å². The Morgan fingerprint density at radius 1 is 1.20 bits per heavy atom. The van der Waals surface area contributed by atoms with Gasteiger partial charge >= 0.3 is 0 Å². The molecule has 0 fully saturated rings. The third-order valence-corrected chi connectivity index (χ3v) is 3.24. The summed E-state index contributed by atoms with van der Waals surface area (Å²) in [6.07, 6.45) is 6.23. The van der Waals surface area contributed by atoms with E-state index < -0.39 is 0 Å². The number of aromatic nitrogens is 2. The molecule has 2 rings (SSSR count). The van der Waals surface area contributed by atoms with Crippen LogP contribution in [0.4, 0.5) is 0 Å². The maximum atomic E-state index is 4.99. The van der Waals surface area contributed by atoms with Crippen molar-refractivity contribution in [3.05, 3.63) is 47.8 Å². The second-order valence-corrected chi connectivity index (χ2v) is 4.98. The number of nitrogens with zero attached hydrogens (tertiary/aromatic N) is 2.